The van der Waals surface area contributed by atoms with Crippen LogP contribution in [0.1, 0.15) is 12.8 Å². The number of hydrogen-bond donors (Lipinski definition) is 2. The van der Waals surface area contributed by atoms with E-state index in [-0.39, 0.29) is 17.4 Å². The molecule has 0 unspecified atom stereocenters. The van der Waals surface area contributed by atoms with E-state index < -0.39 is 12.0 Å². The van der Waals surface area contributed by atoms with Gasteiger partial charge in [-0.25, -0.2) is 4.79 Å². The van der Waals surface area contributed by atoms with Gasteiger partial charge in [-0.1, -0.05) is 12.1 Å². The molecular formula is C13H15NO4S. The van der Waals surface area contributed by atoms with E-state index in [4.69, 9.17) is 5.11 Å². The van der Waals surface area contributed by atoms with Crippen LogP contribution in [0.15, 0.2) is 29.2 Å². The fourth-order valence-corrected chi connectivity index (χ4v) is 2.96. The van der Waals surface area contributed by atoms with Crippen LogP contribution in [0.25, 0.3) is 0 Å². The average molecular weight is 281 g/mol. The highest BCUT2D eigenvalue weighted by molar-refractivity contribution is 8.00. The second-order valence-corrected chi connectivity index (χ2v) is 5.36. The van der Waals surface area contributed by atoms with Gasteiger partial charge in [0.2, 0.25) is 5.91 Å². The van der Waals surface area contributed by atoms with Gasteiger partial charge in [0.15, 0.2) is 0 Å². The molecule has 0 saturated carbocycles. The number of likely N-dealkylation sites (tertiary alicyclic amines) is 1. The molecule has 102 valence electrons. The summed E-state index contributed by atoms with van der Waals surface area (Å²) < 4.78 is 0. The third kappa shape index (κ3) is 3.20. The number of carbonyl (C=O) groups is 2. The van der Waals surface area contributed by atoms with E-state index in [2.05, 4.69) is 0 Å². The largest absolute Gasteiger partial charge is 0.507 e. The van der Waals surface area contributed by atoms with E-state index >= 15 is 0 Å². The van der Waals surface area contributed by atoms with Crippen LogP contribution in [-0.2, 0) is 9.59 Å². The number of benzene rings is 1. The molecule has 0 bridgehead atoms. The van der Waals surface area contributed by atoms with Crippen molar-refractivity contribution >= 4 is 23.6 Å². The Morgan fingerprint density at radius 2 is 2.11 bits per heavy atom. The topological polar surface area (TPSA) is 77.8 Å². The number of rotatable bonds is 4. The summed E-state index contributed by atoms with van der Waals surface area (Å²) in [4.78, 5) is 25.0. The fraction of sp³-hybridized carbons (Fsp3) is 0.385. The molecule has 0 radical (unpaired) electrons. The number of carboxylic acid groups (broad SMARTS) is 1. The monoisotopic (exact) mass is 281 g/mol. The van der Waals surface area contributed by atoms with E-state index in [0.717, 1.165) is 6.42 Å². The standard InChI is InChI=1S/C13H15NO4S/c15-10-5-1-2-6-11(10)19-8-12(16)14-7-3-4-9(14)13(17)18/h1-2,5-6,9,15H,3-4,7-8H2,(H,17,18)/t9-/m0/s1. The zero-order valence-electron chi connectivity index (χ0n) is 10.3. The van der Waals surface area contributed by atoms with E-state index in [1.165, 1.54) is 16.7 Å². The number of carbonyl (C=O) groups excluding carboxylic acids is 1. The number of phenolic OH excluding ortho intramolecular Hbond substituents is 1. The Labute approximate surface area is 115 Å². The van der Waals surface area contributed by atoms with Gasteiger partial charge in [-0.05, 0) is 25.0 Å². The van der Waals surface area contributed by atoms with Crippen LogP contribution < -0.4 is 0 Å². The molecule has 1 atom stereocenters. The smallest absolute Gasteiger partial charge is 0.326 e. The fourth-order valence-electron chi connectivity index (χ4n) is 2.12. The van der Waals surface area contributed by atoms with Gasteiger partial charge in [0.25, 0.3) is 0 Å². The summed E-state index contributed by atoms with van der Waals surface area (Å²) in [5.74, 6) is -0.866. The summed E-state index contributed by atoms with van der Waals surface area (Å²) in [7, 11) is 0. The molecule has 0 aromatic heterocycles. The van der Waals surface area contributed by atoms with Crippen molar-refractivity contribution in [1.29, 1.82) is 0 Å². The highest BCUT2D eigenvalue weighted by Crippen LogP contribution is 2.28. The first kappa shape index (κ1) is 13.7. The first-order valence-corrected chi connectivity index (χ1v) is 7.01. The minimum atomic E-state index is -0.946. The molecule has 1 saturated heterocycles. The van der Waals surface area contributed by atoms with Crippen molar-refractivity contribution in [2.75, 3.05) is 12.3 Å². The van der Waals surface area contributed by atoms with Crippen molar-refractivity contribution in [3.8, 4) is 5.75 Å². The third-order valence-corrected chi connectivity index (χ3v) is 4.12. The number of thioether (sulfide) groups is 1. The van der Waals surface area contributed by atoms with Crippen molar-refractivity contribution < 1.29 is 19.8 Å². The van der Waals surface area contributed by atoms with E-state index in [1.807, 2.05) is 0 Å². The quantitative estimate of drug-likeness (QED) is 0.819. The maximum atomic E-state index is 12.0. The molecule has 1 amide bonds. The van der Waals surface area contributed by atoms with Gasteiger partial charge in [0, 0.05) is 11.4 Å². The van der Waals surface area contributed by atoms with Crippen LogP contribution in [-0.4, -0.2) is 45.3 Å². The van der Waals surface area contributed by atoms with Gasteiger partial charge >= 0.3 is 5.97 Å². The van der Waals surface area contributed by atoms with Crippen LogP contribution in [0.2, 0.25) is 0 Å². The highest BCUT2D eigenvalue weighted by atomic mass is 32.2. The second kappa shape index (κ2) is 5.97. The lowest BCUT2D eigenvalue weighted by molar-refractivity contribution is -0.147. The third-order valence-electron chi connectivity index (χ3n) is 3.07. The molecule has 1 heterocycles. The lowest BCUT2D eigenvalue weighted by atomic mass is 10.2. The molecular weight excluding hydrogens is 266 g/mol. The summed E-state index contributed by atoms with van der Waals surface area (Å²) in [6.45, 7) is 0.497. The molecule has 1 aromatic rings. The Morgan fingerprint density at radius 1 is 1.37 bits per heavy atom. The summed E-state index contributed by atoms with van der Waals surface area (Å²) in [5, 5.41) is 18.6. The number of amides is 1. The molecule has 5 nitrogen and oxygen atoms in total. The van der Waals surface area contributed by atoms with Gasteiger partial charge in [0.05, 0.1) is 5.75 Å². The summed E-state index contributed by atoms with van der Waals surface area (Å²) in [6, 6.07) is 6.08. The number of para-hydroxylation sites is 1. The van der Waals surface area contributed by atoms with Crippen molar-refractivity contribution in [2.24, 2.45) is 0 Å². The van der Waals surface area contributed by atoms with Gasteiger partial charge < -0.3 is 15.1 Å². The molecule has 2 rings (SSSR count). The maximum absolute atomic E-state index is 12.0. The zero-order valence-corrected chi connectivity index (χ0v) is 11.1. The molecule has 1 aliphatic rings. The lowest BCUT2D eigenvalue weighted by Crippen LogP contribution is -2.41. The van der Waals surface area contributed by atoms with Gasteiger partial charge in [-0.2, -0.15) is 0 Å². The first-order valence-electron chi connectivity index (χ1n) is 6.02. The first-order chi connectivity index (χ1) is 9.09. The Bertz CT molecular complexity index is 491. The Morgan fingerprint density at radius 3 is 2.79 bits per heavy atom. The van der Waals surface area contributed by atoms with Gasteiger partial charge in [-0.3, -0.25) is 4.79 Å². The molecule has 0 spiro atoms. The average Bonchev–Trinajstić information content (AvgIpc) is 2.87. The number of carboxylic acids is 1. The van der Waals surface area contributed by atoms with Crippen molar-refractivity contribution in [2.45, 2.75) is 23.8 Å². The number of nitrogens with zero attached hydrogens (tertiary/aromatic N) is 1. The normalized spacial score (nSPS) is 18.5. The molecule has 19 heavy (non-hydrogen) atoms. The molecule has 1 aliphatic heterocycles. The maximum Gasteiger partial charge on any atom is 0.326 e. The second-order valence-electron chi connectivity index (χ2n) is 4.34. The zero-order chi connectivity index (χ0) is 13.8. The minimum absolute atomic E-state index is 0.136. The number of aliphatic carboxylic acids is 1. The minimum Gasteiger partial charge on any atom is -0.507 e. The van der Waals surface area contributed by atoms with Crippen LogP contribution in [0, 0.1) is 0 Å². The molecule has 6 heteroatoms. The number of phenols is 1. The summed E-state index contributed by atoms with van der Waals surface area (Å²) >= 11 is 1.22. The molecule has 1 fully saturated rings. The van der Waals surface area contributed by atoms with Gasteiger partial charge in [-0.15, -0.1) is 11.8 Å². The summed E-state index contributed by atoms with van der Waals surface area (Å²) in [6.07, 6.45) is 1.24. The molecule has 2 N–H and O–H groups in total. The van der Waals surface area contributed by atoms with Crippen LogP contribution >= 0.6 is 11.8 Å². The van der Waals surface area contributed by atoms with E-state index in [0.29, 0.717) is 17.9 Å². The number of aromatic hydroxyl groups is 1. The van der Waals surface area contributed by atoms with E-state index in [9.17, 15) is 14.7 Å². The van der Waals surface area contributed by atoms with Crippen LogP contribution in [0.3, 0.4) is 0 Å². The number of hydrogen-bond acceptors (Lipinski definition) is 4. The van der Waals surface area contributed by atoms with Crippen molar-refractivity contribution in [3.05, 3.63) is 24.3 Å². The van der Waals surface area contributed by atoms with Crippen LogP contribution in [0.4, 0.5) is 0 Å². The predicted octanol–water partition coefficient (Wildman–Crippen LogP) is 1.56. The Kier molecular flexibility index (Phi) is 4.31. The van der Waals surface area contributed by atoms with Crippen molar-refractivity contribution in [1.82, 2.24) is 4.90 Å². The SMILES string of the molecule is O=C(O)[C@@H]1CCCN1C(=O)CSc1ccccc1O. The highest BCUT2D eigenvalue weighted by Gasteiger charge is 2.33. The van der Waals surface area contributed by atoms with Crippen LogP contribution in [0.5, 0.6) is 5.75 Å². The predicted molar refractivity (Wildman–Crippen MR) is 71.2 cm³/mol. The summed E-state index contributed by atoms with van der Waals surface area (Å²) in [5.41, 5.74) is 0. The van der Waals surface area contributed by atoms with Crippen molar-refractivity contribution in [3.63, 3.8) is 0 Å². The molecule has 1 aromatic carbocycles. The lowest BCUT2D eigenvalue weighted by Gasteiger charge is -2.21. The Hall–Kier alpha value is -1.69. The molecule has 0 aliphatic carbocycles. The Balaban J connectivity index is 1.95. The van der Waals surface area contributed by atoms with E-state index in [1.54, 1.807) is 24.3 Å². The van der Waals surface area contributed by atoms with Gasteiger partial charge in [0.1, 0.15) is 11.8 Å².